The van der Waals surface area contributed by atoms with Crippen LogP contribution in [0.3, 0.4) is 0 Å². The fourth-order valence-electron chi connectivity index (χ4n) is 1.65. The van der Waals surface area contributed by atoms with Gasteiger partial charge in [0.2, 0.25) is 0 Å². The van der Waals surface area contributed by atoms with Gasteiger partial charge in [-0.2, -0.15) is 0 Å². The van der Waals surface area contributed by atoms with Crippen LogP contribution in [0.4, 0.5) is 11.4 Å². The Balaban J connectivity index is 2.21. The highest BCUT2D eigenvalue weighted by atomic mass is 16.1. The van der Waals surface area contributed by atoms with Gasteiger partial charge in [-0.25, -0.2) is 9.97 Å². The van der Waals surface area contributed by atoms with E-state index >= 15 is 0 Å². The monoisotopic (exact) mass is 241 g/mol. The molecule has 0 aliphatic carbocycles. The topological polar surface area (TPSA) is 54.9 Å². The van der Waals surface area contributed by atoms with Crippen molar-refractivity contribution in [1.29, 1.82) is 0 Å². The quantitative estimate of drug-likeness (QED) is 0.839. The summed E-state index contributed by atoms with van der Waals surface area (Å²) in [4.78, 5) is 19.6. The van der Waals surface area contributed by atoms with Gasteiger partial charge in [0.1, 0.15) is 5.82 Å². The molecule has 1 aromatic carbocycles. The summed E-state index contributed by atoms with van der Waals surface area (Å²) in [5.74, 6) is 0.821. The van der Waals surface area contributed by atoms with Crippen LogP contribution in [0.15, 0.2) is 30.5 Å². The van der Waals surface area contributed by atoms with E-state index in [9.17, 15) is 4.79 Å². The smallest absolute Gasteiger partial charge is 0.159 e. The molecule has 0 spiro atoms. The zero-order valence-corrected chi connectivity index (χ0v) is 10.7. The fourth-order valence-corrected chi connectivity index (χ4v) is 1.65. The SMILES string of the molecule is CC(=O)c1ccc(Nc2cnc(C)nc2C)cc1. The minimum atomic E-state index is 0.0661. The molecule has 2 aromatic rings. The molecule has 0 atom stereocenters. The Morgan fingerprint density at radius 3 is 2.39 bits per heavy atom. The highest BCUT2D eigenvalue weighted by Crippen LogP contribution is 2.18. The van der Waals surface area contributed by atoms with Crippen molar-refractivity contribution in [1.82, 2.24) is 9.97 Å². The summed E-state index contributed by atoms with van der Waals surface area (Å²) < 4.78 is 0. The number of aryl methyl sites for hydroxylation is 2. The summed E-state index contributed by atoms with van der Waals surface area (Å²) in [7, 11) is 0. The summed E-state index contributed by atoms with van der Waals surface area (Å²) in [6.45, 7) is 5.35. The standard InChI is InChI=1S/C14H15N3O/c1-9-14(8-15-11(3)16-9)17-13-6-4-12(5-7-13)10(2)18/h4-8,17H,1-3H3. The Kier molecular flexibility index (Phi) is 3.37. The number of nitrogens with zero attached hydrogens (tertiary/aromatic N) is 2. The van der Waals surface area contributed by atoms with Gasteiger partial charge >= 0.3 is 0 Å². The summed E-state index contributed by atoms with van der Waals surface area (Å²) in [5.41, 5.74) is 3.39. The number of ketones is 1. The number of benzene rings is 1. The summed E-state index contributed by atoms with van der Waals surface area (Å²) in [5, 5.41) is 3.23. The minimum absolute atomic E-state index is 0.0661. The van der Waals surface area contributed by atoms with Crippen molar-refractivity contribution in [2.24, 2.45) is 0 Å². The number of nitrogens with one attached hydrogen (secondary N) is 1. The first-order valence-corrected chi connectivity index (χ1v) is 5.74. The Morgan fingerprint density at radius 2 is 1.83 bits per heavy atom. The zero-order chi connectivity index (χ0) is 13.1. The third-order valence-electron chi connectivity index (χ3n) is 2.67. The van der Waals surface area contributed by atoms with E-state index in [0.29, 0.717) is 5.56 Å². The van der Waals surface area contributed by atoms with Crippen molar-refractivity contribution in [3.63, 3.8) is 0 Å². The predicted molar refractivity (Wildman–Crippen MR) is 71.2 cm³/mol. The predicted octanol–water partition coefficient (Wildman–Crippen LogP) is 3.04. The van der Waals surface area contributed by atoms with E-state index in [1.807, 2.05) is 26.0 Å². The van der Waals surface area contributed by atoms with Crippen LogP contribution in [0.2, 0.25) is 0 Å². The van der Waals surface area contributed by atoms with Gasteiger partial charge in [0.05, 0.1) is 17.6 Å². The van der Waals surface area contributed by atoms with Gasteiger partial charge < -0.3 is 5.32 Å². The molecule has 0 radical (unpaired) electrons. The molecule has 0 saturated heterocycles. The van der Waals surface area contributed by atoms with Gasteiger partial charge in [0.25, 0.3) is 0 Å². The molecule has 2 rings (SSSR count). The molecule has 92 valence electrons. The second-order valence-electron chi connectivity index (χ2n) is 4.17. The third kappa shape index (κ3) is 2.71. The number of hydrogen-bond donors (Lipinski definition) is 1. The zero-order valence-electron chi connectivity index (χ0n) is 10.7. The number of Topliss-reactive ketones (excluding diaryl/α,β-unsaturated/α-hetero) is 1. The second-order valence-corrected chi connectivity index (χ2v) is 4.17. The van der Waals surface area contributed by atoms with Crippen LogP contribution in [-0.4, -0.2) is 15.8 Å². The molecule has 0 amide bonds. The lowest BCUT2D eigenvalue weighted by Gasteiger charge is -2.09. The van der Waals surface area contributed by atoms with Crippen LogP contribution in [0, 0.1) is 13.8 Å². The van der Waals surface area contributed by atoms with Crippen molar-refractivity contribution in [2.75, 3.05) is 5.32 Å². The Labute approximate surface area is 106 Å². The van der Waals surface area contributed by atoms with E-state index in [2.05, 4.69) is 15.3 Å². The van der Waals surface area contributed by atoms with Crippen molar-refractivity contribution < 1.29 is 4.79 Å². The number of anilines is 2. The first kappa shape index (κ1) is 12.2. The van der Waals surface area contributed by atoms with Crippen molar-refractivity contribution in [3.8, 4) is 0 Å². The van der Waals surface area contributed by atoms with Crippen LogP contribution in [0.25, 0.3) is 0 Å². The molecule has 0 saturated carbocycles. The van der Waals surface area contributed by atoms with Gasteiger partial charge in [-0.1, -0.05) is 0 Å². The van der Waals surface area contributed by atoms with E-state index in [1.54, 1.807) is 25.3 Å². The summed E-state index contributed by atoms with van der Waals surface area (Å²) >= 11 is 0. The molecule has 0 aliphatic heterocycles. The lowest BCUT2D eigenvalue weighted by Crippen LogP contribution is -1.99. The number of hydrogen-bond acceptors (Lipinski definition) is 4. The van der Waals surface area contributed by atoms with Crippen LogP contribution < -0.4 is 5.32 Å². The molecule has 1 aromatic heterocycles. The molecule has 1 N–H and O–H groups in total. The lowest BCUT2D eigenvalue weighted by atomic mass is 10.1. The van der Waals surface area contributed by atoms with Gasteiger partial charge in [-0.05, 0) is 45.0 Å². The van der Waals surface area contributed by atoms with E-state index in [0.717, 1.165) is 22.9 Å². The maximum absolute atomic E-state index is 11.2. The van der Waals surface area contributed by atoms with Gasteiger partial charge in [-0.15, -0.1) is 0 Å². The maximum atomic E-state index is 11.2. The molecule has 0 unspecified atom stereocenters. The van der Waals surface area contributed by atoms with Gasteiger partial charge in [-0.3, -0.25) is 4.79 Å². The number of carbonyl (C=O) groups excluding carboxylic acids is 1. The highest BCUT2D eigenvalue weighted by Gasteiger charge is 2.03. The second kappa shape index (κ2) is 4.96. The van der Waals surface area contributed by atoms with Gasteiger partial charge in [0.15, 0.2) is 5.78 Å². The van der Waals surface area contributed by atoms with E-state index < -0.39 is 0 Å². The molecular formula is C14H15N3O. The van der Waals surface area contributed by atoms with Crippen molar-refractivity contribution in [3.05, 3.63) is 47.5 Å². The lowest BCUT2D eigenvalue weighted by molar-refractivity contribution is 0.101. The number of carbonyl (C=O) groups is 1. The molecule has 18 heavy (non-hydrogen) atoms. The molecule has 0 aliphatic rings. The van der Waals surface area contributed by atoms with Crippen LogP contribution in [0.1, 0.15) is 28.8 Å². The largest absolute Gasteiger partial charge is 0.353 e. The maximum Gasteiger partial charge on any atom is 0.159 e. The Hall–Kier alpha value is -2.23. The molecule has 0 bridgehead atoms. The minimum Gasteiger partial charge on any atom is -0.353 e. The van der Waals surface area contributed by atoms with E-state index in [4.69, 9.17) is 0 Å². The molecule has 4 heteroatoms. The fraction of sp³-hybridized carbons (Fsp3) is 0.214. The van der Waals surface area contributed by atoms with Crippen LogP contribution in [0.5, 0.6) is 0 Å². The summed E-state index contributed by atoms with van der Waals surface area (Å²) in [6, 6.07) is 7.34. The Bertz CT molecular complexity index is 576. The van der Waals surface area contributed by atoms with Gasteiger partial charge in [0, 0.05) is 11.3 Å². The normalized spacial score (nSPS) is 10.2. The summed E-state index contributed by atoms with van der Waals surface area (Å²) in [6.07, 6.45) is 1.76. The van der Waals surface area contributed by atoms with E-state index in [-0.39, 0.29) is 5.78 Å². The first-order chi connectivity index (χ1) is 8.56. The van der Waals surface area contributed by atoms with Crippen molar-refractivity contribution >= 4 is 17.2 Å². The molecule has 4 nitrogen and oxygen atoms in total. The average Bonchev–Trinajstić information content (AvgIpc) is 2.33. The molecular weight excluding hydrogens is 226 g/mol. The third-order valence-corrected chi connectivity index (χ3v) is 2.67. The average molecular weight is 241 g/mol. The highest BCUT2D eigenvalue weighted by molar-refractivity contribution is 5.94. The Morgan fingerprint density at radius 1 is 1.17 bits per heavy atom. The number of aromatic nitrogens is 2. The number of rotatable bonds is 3. The first-order valence-electron chi connectivity index (χ1n) is 5.74. The van der Waals surface area contributed by atoms with Crippen molar-refractivity contribution in [2.45, 2.75) is 20.8 Å². The van der Waals surface area contributed by atoms with Crippen LogP contribution >= 0.6 is 0 Å². The molecule has 1 heterocycles. The van der Waals surface area contributed by atoms with Crippen LogP contribution in [-0.2, 0) is 0 Å². The van der Waals surface area contributed by atoms with E-state index in [1.165, 1.54) is 0 Å². The molecule has 0 fully saturated rings.